The second-order valence-electron chi connectivity index (χ2n) is 6.72. The van der Waals surface area contributed by atoms with Crippen molar-refractivity contribution >= 4 is 61.7 Å². The third-order valence-electron chi connectivity index (χ3n) is 4.57. The van der Waals surface area contributed by atoms with Crippen molar-refractivity contribution in [3.05, 3.63) is 81.1 Å². The number of carbonyl (C=O) groups is 2. The minimum absolute atomic E-state index is 0.284. The molecule has 0 saturated carbocycles. The Balaban J connectivity index is 1.75. The highest BCUT2D eigenvalue weighted by atomic mass is 79.9. The van der Waals surface area contributed by atoms with Gasteiger partial charge in [0.15, 0.2) is 0 Å². The third-order valence-corrected chi connectivity index (χ3v) is 5.95. The van der Waals surface area contributed by atoms with E-state index < -0.39 is 0 Å². The zero-order valence-corrected chi connectivity index (χ0v) is 18.3. The first-order chi connectivity index (χ1) is 14.0. The summed E-state index contributed by atoms with van der Waals surface area (Å²) in [4.78, 5) is 30.5. The van der Waals surface area contributed by atoms with Crippen molar-refractivity contribution in [2.75, 3.05) is 29.2 Å². The van der Waals surface area contributed by atoms with Crippen LogP contribution in [0, 0.1) is 0 Å². The van der Waals surface area contributed by atoms with E-state index in [2.05, 4.69) is 21.2 Å². The second kappa shape index (κ2) is 7.85. The molecule has 5 nitrogen and oxygen atoms in total. The molecule has 29 heavy (non-hydrogen) atoms. The van der Waals surface area contributed by atoms with Crippen molar-refractivity contribution in [1.82, 2.24) is 0 Å². The number of nitrogens with zero attached hydrogens (tertiary/aromatic N) is 2. The van der Waals surface area contributed by atoms with Crippen LogP contribution < -0.4 is 15.1 Å². The van der Waals surface area contributed by atoms with E-state index in [1.807, 2.05) is 72.9 Å². The fraction of sp³-hybridized carbons (Fsp3) is 0.0909. The molecule has 7 heteroatoms. The van der Waals surface area contributed by atoms with Gasteiger partial charge in [0.1, 0.15) is 5.70 Å². The summed E-state index contributed by atoms with van der Waals surface area (Å²) in [5.74, 6) is -0.691. The average Bonchev–Trinajstić information content (AvgIpc) is 3.29. The summed E-state index contributed by atoms with van der Waals surface area (Å²) in [6.07, 6.45) is 0. The summed E-state index contributed by atoms with van der Waals surface area (Å²) in [5.41, 5.74) is 2.95. The Morgan fingerprint density at radius 3 is 2.34 bits per heavy atom. The molecule has 2 amide bonds. The van der Waals surface area contributed by atoms with Gasteiger partial charge in [0.05, 0.1) is 11.3 Å². The largest absolute Gasteiger partial charge is 0.378 e. The van der Waals surface area contributed by atoms with E-state index in [0.717, 1.165) is 20.7 Å². The number of amides is 2. The molecule has 2 heterocycles. The molecule has 0 bridgehead atoms. The van der Waals surface area contributed by atoms with E-state index in [9.17, 15) is 9.59 Å². The molecular weight excluding hydrogens is 450 g/mol. The Morgan fingerprint density at radius 1 is 0.966 bits per heavy atom. The fourth-order valence-electron chi connectivity index (χ4n) is 3.14. The topological polar surface area (TPSA) is 52.6 Å². The van der Waals surface area contributed by atoms with Crippen LogP contribution in [0.25, 0.3) is 5.57 Å². The standard InChI is InChI=1S/C22H18BrN3O2S/c1-25(2)16-8-10-17(11-9-16)26-21(27)19(18-7-4-12-29-18)20(22(26)28)24-15-6-3-5-14(23)13-15/h3-13,24H,1-2H3. The summed E-state index contributed by atoms with van der Waals surface area (Å²) in [7, 11) is 3.88. The van der Waals surface area contributed by atoms with Gasteiger partial charge in [0, 0.05) is 34.8 Å². The number of hydrogen-bond donors (Lipinski definition) is 1. The second-order valence-corrected chi connectivity index (χ2v) is 8.58. The molecular formula is C22H18BrN3O2S. The Labute approximate surface area is 181 Å². The van der Waals surface area contributed by atoms with Gasteiger partial charge in [0.25, 0.3) is 11.8 Å². The minimum atomic E-state index is -0.365. The van der Waals surface area contributed by atoms with E-state index in [1.165, 1.54) is 16.2 Å². The van der Waals surface area contributed by atoms with Crippen LogP contribution in [0.3, 0.4) is 0 Å². The molecule has 0 saturated heterocycles. The number of hydrogen-bond acceptors (Lipinski definition) is 5. The lowest BCUT2D eigenvalue weighted by Gasteiger charge is -2.18. The summed E-state index contributed by atoms with van der Waals surface area (Å²) in [5, 5.41) is 5.06. The first-order valence-corrected chi connectivity index (χ1v) is 10.6. The maximum atomic E-state index is 13.3. The van der Waals surface area contributed by atoms with Crippen LogP contribution in [0.5, 0.6) is 0 Å². The Hall–Kier alpha value is -2.90. The molecule has 4 rings (SSSR count). The van der Waals surface area contributed by atoms with E-state index >= 15 is 0 Å². The summed E-state index contributed by atoms with van der Waals surface area (Å²) < 4.78 is 0.883. The van der Waals surface area contributed by atoms with E-state index in [0.29, 0.717) is 11.3 Å². The number of nitrogens with one attached hydrogen (secondary N) is 1. The lowest BCUT2D eigenvalue weighted by molar-refractivity contribution is -0.120. The third kappa shape index (κ3) is 3.71. The lowest BCUT2D eigenvalue weighted by atomic mass is 10.2. The van der Waals surface area contributed by atoms with Gasteiger partial charge in [-0.3, -0.25) is 9.59 Å². The molecule has 146 valence electrons. The predicted octanol–water partition coefficient (Wildman–Crippen LogP) is 4.97. The number of rotatable bonds is 5. The normalized spacial score (nSPS) is 14.0. The quantitative estimate of drug-likeness (QED) is 0.538. The highest BCUT2D eigenvalue weighted by Crippen LogP contribution is 2.36. The van der Waals surface area contributed by atoms with Crippen molar-refractivity contribution in [2.45, 2.75) is 0 Å². The van der Waals surface area contributed by atoms with Gasteiger partial charge < -0.3 is 10.2 Å². The van der Waals surface area contributed by atoms with Gasteiger partial charge in [-0.15, -0.1) is 11.3 Å². The summed E-state index contributed by atoms with van der Waals surface area (Å²) in [6.45, 7) is 0. The van der Waals surface area contributed by atoms with Crippen molar-refractivity contribution in [2.24, 2.45) is 0 Å². The van der Waals surface area contributed by atoms with E-state index in [4.69, 9.17) is 0 Å². The number of imide groups is 1. The van der Waals surface area contributed by atoms with Gasteiger partial charge in [-0.05, 0) is 53.9 Å². The van der Waals surface area contributed by atoms with Crippen LogP contribution in [0.4, 0.5) is 17.1 Å². The average molecular weight is 468 g/mol. The molecule has 0 fully saturated rings. The molecule has 0 aliphatic carbocycles. The molecule has 0 atom stereocenters. The number of benzene rings is 2. The van der Waals surface area contributed by atoms with E-state index in [-0.39, 0.29) is 17.5 Å². The van der Waals surface area contributed by atoms with Gasteiger partial charge in [0.2, 0.25) is 0 Å². The lowest BCUT2D eigenvalue weighted by Crippen LogP contribution is -2.32. The zero-order chi connectivity index (χ0) is 20.5. The van der Waals surface area contributed by atoms with Crippen LogP contribution in [0.1, 0.15) is 4.88 Å². The predicted molar refractivity (Wildman–Crippen MR) is 122 cm³/mol. The first kappa shape index (κ1) is 19.4. The molecule has 2 aromatic carbocycles. The summed E-state index contributed by atoms with van der Waals surface area (Å²) in [6, 6.07) is 18.6. The first-order valence-electron chi connectivity index (χ1n) is 8.92. The van der Waals surface area contributed by atoms with Crippen LogP contribution >= 0.6 is 27.3 Å². The number of anilines is 3. The molecule has 0 spiro atoms. The van der Waals surface area contributed by atoms with Crippen molar-refractivity contribution < 1.29 is 9.59 Å². The van der Waals surface area contributed by atoms with Crippen molar-refractivity contribution in [3.8, 4) is 0 Å². The van der Waals surface area contributed by atoms with Crippen molar-refractivity contribution in [3.63, 3.8) is 0 Å². The fourth-order valence-corrected chi connectivity index (χ4v) is 4.31. The number of halogens is 1. The molecule has 0 radical (unpaired) electrons. The monoisotopic (exact) mass is 467 g/mol. The van der Waals surface area contributed by atoms with Crippen LogP contribution in [0.2, 0.25) is 0 Å². The Morgan fingerprint density at radius 2 is 1.72 bits per heavy atom. The zero-order valence-electron chi connectivity index (χ0n) is 15.8. The Bertz CT molecular complexity index is 1110. The molecule has 0 unspecified atom stereocenters. The van der Waals surface area contributed by atoms with Crippen LogP contribution in [0.15, 0.2) is 76.2 Å². The summed E-state index contributed by atoms with van der Waals surface area (Å²) >= 11 is 4.87. The highest BCUT2D eigenvalue weighted by Gasteiger charge is 2.40. The maximum Gasteiger partial charge on any atom is 0.282 e. The maximum absolute atomic E-state index is 13.3. The highest BCUT2D eigenvalue weighted by molar-refractivity contribution is 9.10. The number of carbonyl (C=O) groups excluding carboxylic acids is 2. The molecule has 1 aliphatic rings. The molecule has 1 aliphatic heterocycles. The van der Waals surface area contributed by atoms with Gasteiger partial charge in [-0.25, -0.2) is 4.90 Å². The van der Waals surface area contributed by atoms with Gasteiger partial charge in [-0.1, -0.05) is 28.1 Å². The minimum Gasteiger partial charge on any atom is -0.378 e. The van der Waals surface area contributed by atoms with E-state index in [1.54, 1.807) is 12.1 Å². The smallest absolute Gasteiger partial charge is 0.282 e. The molecule has 1 aromatic heterocycles. The molecule has 1 N–H and O–H groups in total. The number of thiophene rings is 1. The Kier molecular flexibility index (Phi) is 5.25. The van der Waals surface area contributed by atoms with Crippen molar-refractivity contribution in [1.29, 1.82) is 0 Å². The molecule has 3 aromatic rings. The SMILES string of the molecule is CN(C)c1ccc(N2C(=O)C(Nc3cccc(Br)c3)=C(c3cccs3)C2=O)cc1. The van der Waals surface area contributed by atoms with Gasteiger partial charge >= 0.3 is 0 Å². The van der Waals surface area contributed by atoms with Gasteiger partial charge in [-0.2, -0.15) is 0 Å². The van der Waals surface area contributed by atoms with Crippen LogP contribution in [-0.4, -0.2) is 25.9 Å². The van der Waals surface area contributed by atoms with Crippen LogP contribution in [-0.2, 0) is 9.59 Å².